The molecule has 0 fully saturated rings. The molecule has 1 aromatic carbocycles. The maximum Gasteiger partial charge on any atom is 0.270 e. The summed E-state index contributed by atoms with van der Waals surface area (Å²) in [5.74, 6) is -4.11. The van der Waals surface area contributed by atoms with E-state index in [1.165, 1.54) is 30.5 Å². The predicted octanol–water partition coefficient (Wildman–Crippen LogP) is 4.72. The Bertz CT molecular complexity index is 679. The Hall–Kier alpha value is -2.37. The standard InChI is InChI=1S/C16H14F3NO2/c1-3-14(21)10-8-13(17)15(20-9-10)22-12-6-4-11(5-7-12)16(2,18)19/h4-9H,3H2,1-2H3. The molecule has 2 aromatic rings. The zero-order chi connectivity index (χ0) is 16.3. The van der Waals surface area contributed by atoms with E-state index >= 15 is 0 Å². The smallest absolute Gasteiger partial charge is 0.270 e. The average Bonchev–Trinajstić information content (AvgIpc) is 2.48. The molecule has 0 spiro atoms. The highest BCUT2D eigenvalue weighted by atomic mass is 19.3. The summed E-state index contributed by atoms with van der Waals surface area (Å²) in [6.45, 7) is 2.45. The highest BCUT2D eigenvalue weighted by Crippen LogP contribution is 2.30. The van der Waals surface area contributed by atoms with Crippen molar-refractivity contribution < 1.29 is 22.7 Å². The number of ketones is 1. The number of carbonyl (C=O) groups excluding carboxylic acids is 1. The molecular formula is C16H14F3NO2. The van der Waals surface area contributed by atoms with Crippen LogP contribution in [0.1, 0.15) is 36.2 Å². The van der Waals surface area contributed by atoms with Gasteiger partial charge in [0.05, 0.1) is 0 Å². The monoisotopic (exact) mass is 309 g/mol. The number of pyridine rings is 1. The van der Waals surface area contributed by atoms with Crippen LogP contribution in [0.25, 0.3) is 0 Å². The summed E-state index contributed by atoms with van der Waals surface area (Å²) < 4.78 is 45.2. The minimum absolute atomic E-state index is 0.160. The van der Waals surface area contributed by atoms with Gasteiger partial charge in [-0.05, 0) is 30.3 Å². The Kier molecular flexibility index (Phi) is 4.49. The van der Waals surface area contributed by atoms with Crippen molar-refractivity contribution in [2.24, 2.45) is 0 Å². The fraction of sp³-hybridized carbons (Fsp3) is 0.250. The number of hydrogen-bond donors (Lipinski definition) is 0. The van der Waals surface area contributed by atoms with Crippen molar-refractivity contribution in [2.45, 2.75) is 26.2 Å². The molecule has 0 saturated carbocycles. The lowest BCUT2D eigenvalue weighted by atomic mass is 10.1. The molecular weight excluding hydrogens is 295 g/mol. The van der Waals surface area contributed by atoms with E-state index in [0.717, 1.165) is 13.0 Å². The van der Waals surface area contributed by atoms with Crippen LogP contribution in [0, 0.1) is 5.82 Å². The molecule has 0 unspecified atom stereocenters. The van der Waals surface area contributed by atoms with E-state index < -0.39 is 11.7 Å². The van der Waals surface area contributed by atoms with Crippen molar-refractivity contribution in [1.29, 1.82) is 0 Å². The topological polar surface area (TPSA) is 39.2 Å². The van der Waals surface area contributed by atoms with Gasteiger partial charge in [0.15, 0.2) is 11.6 Å². The maximum absolute atomic E-state index is 13.8. The molecule has 22 heavy (non-hydrogen) atoms. The fourth-order valence-electron chi connectivity index (χ4n) is 1.78. The normalized spacial score (nSPS) is 11.3. The fourth-order valence-corrected chi connectivity index (χ4v) is 1.78. The molecule has 1 heterocycles. The number of ether oxygens (including phenoxy) is 1. The first kappa shape index (κ1) is 16.0. The lowest BCUT2D eigenvalue weighted by Gasteiger charge is -2.11. The first-order chi connectivity index (χ1) is 10.3. The molecule has 2 rings (SSSR count). The Morgan fingerprint density at radius 3 is 2.41 bits per heavy atom. The first-order valence-corrected chi connectivity index (χ1v) is 6.66. The molecule has 0 bridgehead atoms. The zero-order valence-electron chi connectivity index (χ0n) is 12.1. The van der Waals surface area contributed by atoms with Crippen LogP contribution in [0.4, 0.5) is 13.2 Å². The van der Waals surface area contributed by atoms with Gasteiger partial charge < -0.3 is 4.74 Å². The summed E-state index contributed by atoms with van der Waals surface area (Å²) in [7, 11) is 0. The van der Waals surface area contributed by atoms with Gasteiger partial charge in [-0.3, -0.25) is 4.79 Å². The van der Waals surface area contributed by atoms with E-state index in [1.54, 1.807) is 6.92 Å². The zero-order valence-corrected chi connectivity index (χ0v) is 12.1. The minimum atomic E-state index is -2.95. The summed E-state index contributed by atoms with van der Waals surface area (Å²) in [6.07, 6.45) is 1.47. The second-order valence-corrected chi connectivity index (χ2v) is 4.80. The Morgan fingerprint density at radius 1 is 1.27 bits per heavy atom. The van der Waals surface area contributed by atoms with Crippen LogP contribution in [0.15, 0.2) is 36.5 Å². The van der Waals surface area contributed by atoms with Gasteiger partial charge in [-0.1, -0.05) is 6.92 Å². The van der Waals surface area contributed by atoms with Gasteiger partial charge in [-0.25, -0.2) is 18.2 Å². The van der Waals surface area contributed by atoms with Gasteiger partial charge in [-0.2, -0.15) is 0 Å². The second-order valence-electron chi connectivity index (χ2n) is 4.80. The van der Waals surface area contributed by atoms with Crippen LogP contribution >= 0.6 is 0 Å². The van der Waals surface area contributed by atoms with Gasteiger partial charge in [0, 0.05) is 30.7 Å². The molecule has 0 amide bonds. The molecule has 6 heteroatoms. The summed E-state index contributed by atoms with van der Waals surface area (Å²) in [6, 6.07) is 6.05. The number of nitrogens with zero attached hydrogens (tertiary/aromatic N) is 1. The van der Waals surface area contributed by atoms with E-state index in [1.807, 2.05) is 0 Å². The molecule has 0 saturated heterocycles. The summed E-state index contributed by atoms with van der Waals surface area (Å²) >= 11 is 0. The lowest BCUT2D eigenvalue weighted by Crippen LogP contribution is -2.06. The molecule has 1 aromatic heterocycles. The van der Waals surface area contributed by atoms with Gasteiger partial charge in [0.2, 0.25) is 0 Å². The number of aromatic nitrogens is 1. The van der Waals surface area contributed by atoms with Crippen LogP contribution in [-0.4, -0.2) is 10.8 Å². The molecule has 0 aliphatic carbocycles. The summed E-state index contributed by atoms with van der Waals surface area (Å²) in [4.78, 5) is 15.2. The van der Waals surface area contributed by atoms with Crippen molar-refractivity contribution >= 4 is 5.78 Å². The second kappa shape index (κ2) is 6.17. The third-order valence-corrected chi connectivity index (χ3v) is 3.03. The Balaban J connectivity index is 2.19. The van der Waals surface area contributed by atoms with Crippen LogP contribution in [-0.2, 0) is 5.92 Å². The number of halogens is 3. The number of hydrogen-bond acceptors (Lipinski definition) is 3. The van der Waals surface area contributed by atoms with E-state index in [4.69, 9.17) is 4.74 Å². The number of carbonyl (C=O) groups is 1. The van der Waals surface area contributed by atoms with E-state index in [2.05, 4.69) is 4.98 Å². The average molecular weight is 309 g/mol. The van der Waals surface area contributed by atoms with E-state index in [9.17, 15) is 18.0 Å². The van der Waals surface area contributed by atoms with Crippen molar-refractivity contribution in [2.75, 3.05) is 0 Å². The number of alkyl halides is 2. The van der Waals surface area contributed by atoms with Crippen molar-refractivity contribution in [3.63, 3.8) is 0 Å². The SMILES string of the molecule is CCC(=O)c1cnc(Oc2ccc(C(C)(F)F)cc2)c(F)c1. The van der Waals surface area contributed by atoms with Gasteiger partial charge in [0.1, 0.15) is 5.75 Å². The van der Waals surface area contributed by atoms with E-state index in [-0.39, 0.29) is 35.0 Å². The molecule has 3 nitrogen and oxygen atoms in total. The molecule has 0 N–H and O–H groups in total. The molecule has 0 atom stereocenters. The third kappa shape index (κ3) is 3.63. The number of benzene rings is 1. The first-order valence-electron chi connectivity index (χ1n) is 6.66. The number of Topliss-reactive ketones (excluding diaryl/α,β-unsaturated/α-hetero) is 1. The van der Waals surface area contributed by atoms with Crippen LogP contribution in [0.5, 0.6) is 11.6 Å². The number of rotatable bonds is 5. The van der Waals surface area contributed by atoms with Gasteiger partial charge >= 0.3 is 0 Å². The largest absolute Gasteiger partial charge is 0.436 e. The molecule has 0 aliphatic heterocycles. The van der Waals surface area contributed by atoms with Crippen LogP contribution in [0.3, 0.4) is 0 Å². The lowest BCUT2D eigenvalue weighted by molar-refractivity contribution is 0.0174. The van der Waals surface area contributed by atoms with Gasteiger partial charge in [0.25, 0.3) is 11.8 Å². The molecule has 0 radical (unpaired) electrons. The highest BCUT2D eigenvalue weighted by molar-refractivity contribution is 5.95. The van der Waals surface area contributed by atoms with Crippen LogP contribution < -0.4 is 4.74 Å². The summed E-state index contributed by atoms with van der Waals surface area (Å²) in [5, 5.41) is 0. The van der Waals surface area contributed by atoms with E-state index in [0.29, 0.717) is 0 Å². The molecule has 0 aliphatic rings. The predicted molar refractivity (Wildman–Crippen MR) is 74.9 cm³/mol. The van der Waals surface area contributed by atoms with Crippen molar-refractivity contribution in [3.8, 4) is 11.6 Å². The third-order valence-electron chi connectivity index (χ3n) is 3.03. The summed E-state index contributed by atoms with van der Waals surface area (Å²) in [5.41, 5.74) is -0.00880. The van der Waals surface area contributed by atoms with Gasteiger partial charge in [-0.15, -0.1) is 0 Å². The Morgan fingerprint density at radius 2 is 1.91 bits per heavy atom. The van der Waals surface area contributed by atoms with Crippen LogP contribution in [0.2, 0.25) is 0 Å². The van der Waals surface area contributed by atoms with Crippen molar-refractivity contribution in [1.82, 2.24) is 4.98 Å². The minimum Gasteiger partial charge on any atom is -0.436 e. The Labute approximate surface area is 125 Å². The molecule has 116 valence electrons. The quantitative estimate of drug-likeness (QED) is 0.750. The maximum atomic E-state index is 13.8. The van der Waals surface area contributed by atoms with Crippen molar-refractivity contribution in [3.05, 3.63) is 53.5 Å². The highest BCUT2D eigenvalue weighted by Gasteiger charge is 2.23.